The molecule has 3 aromatic heterocycles. The first-order chi connectivity index (χ1) is 9.65. The summed E-state index contributed by atoms with van der Waals surface area (Å²) in [6, 6.07) is 5.64. The lowest BCUT2D eigenvalue weighted by Gasteiger charge is -1.99. The Bertz CT molecular complexity index is 745. The van der Waals surface area contributed by atoms with Crippen LogP contribution >= 0.6 is 11.3 Å². The predicted molar refractivity (Wildman–Crippen MR) is 72.5 cm³/mol. The van der Waals surface area contributed by atoms with Gasteiger partial charge in [0.15, 0.2) is 11.6 Å². The highest BCUT2D eigenvalue weighted by Gasteiger charge is 2.19. The molecule has 0 radical (unpaired) electrons. The van der Waals surface area contributed by atoms with Crippen LogP contribution in [0.25, 0.3) is 10.6 Å². The van der Waals surface area contributed by atoms with Gasteiger partial charge in [-0.2, -0.15) is 0 Å². The molecule has 0 aliphatic heterocycles. The first-order valence-corrected chi connectivity index (χ1v) is 6.69. The number of hydrogen-bond acceptors (Lipinski definition) is 6. The van der Waals surface area contributed by atoms with E-state index < -0.39 is 4.92 Å². The van der Waals surface area contributed by atoms with Crippen LogP contribution < -0.4 is 0 Å². The predicted octanol–water partition coefficient (Wildman–Crippen LogP) is 2.86. The van der Waals surface area contributed by atoms with Crippen molar-refractivity contribution >= 4 is 17.2 Å². The van der Waals surface area contributed by atoms with Gasteiger partial charge >= 0.3 is 5.82 Å². The van der Waals surface area contributed by atoms with Crippen LogP contribution in [-0.2, 0) is 6.54 Å². The maximum Gasteiger partial charge on any atom is 0.343 e. The van der Waals surface area contributed by atoms with Crippen LogP contribution in [0.5, 0.6) is 0 Å². The number of aryl methyl sites for hydroxylation is 1. The van der Waals surface area contributed by atoms with Gasteiger partial charge in [-0.15, -0.1) is 11.3 Å². The molecular formula is C12H10N4O3S. The Morgan fingerprint density at radius 1 is 1.55 bits per heavy atom. The molecule has 3 rings (SSSR count). The second-order valence-electron chi connectivity index (χ2n) is 4.17. The van der Waals surface area contributed by atoms with Crippen molar-refractivity contribution in [1.82, 2.24) is 14.7 Å². The third-order valence-corrected chi connectivity index (χ3v) is 3.75. The first kappa shape index (κ1) is 12.5. The van der Waals surface area contributed by atoms with Crippen molar-refractivity contribution in [3.05, 3.63) is 51.4 Å². The third kappa shape index (κ3) is 2.21. The number of aromatic nitrogens is 3. The van der Waals surface area contributed by atoms with E-state index in [9.17, 15) is 10.1 Å². The van der Waals surface area contributed by atoms with Gasteiger partial charge in [0.05, 0.1) is 4.88 Å². The molecule has 0 bridgehead atoms. The molecule has 0 saturated carbocycles. The van der Waals surface area contributed by atoms with Crippen LogP contribution in [0.15, 0.2) is 34.3 Å². The lowest BCUT2D eigenvalue weighted by atomic mass is 10.3. The van der Waals surface area contributed by atoms with E-state index in [1.54, 1.807) is 24.3 Å². The standard InChI is InChI=1S/C12H10N4O3S/c1-8-13-6-12(16(17)18)15(8)7-9-5-10(19-14-9)11-3-2-4-20-11/h2-6H,7H2,1H3. The molecule has 0 N–H and O–H groups in total. The number of nitrogens with zero attached hydrogens (tertiary/aromatic N) is 4. The lowest BCUT2D eigenvalue weighted by Crippen LogP contribution is -2.06. The summed E-state index contributed by atoms with van der Waals surface area (Å²) < 4.78 is 6.75. The fourth-order valence-electron chi connectivity index (χ4n) is 1.88. The van der Waals surface area contributed by atoms with E-state index >= 15 is 0 Å². The van der Waals surface area contributed by atoms with Gasteiger partial charge in [0, 0.05) is 13.0 Å². The van der Waals surface area contributed by atoms with Gasteiger partial charge < -0.3 is 14.6 Å². The van der Waals surface area contributed by atoms with Gasteiger partial charge in [-0.25, -0.2) is 9.55 Å². The van der Waals surface area contributed by atoms with E-state index in [0.717, 1.165) is 4.88 Å². The summed E-state index contributed by atoms with van der Waals surface area (Å²) in [5.41, 5.74) is 0.623. The molecule has 0 amide bonds. The highest BCUT2D eigenvalue weighted by molar-refractivity contribution is 7.13. The summed E-state index contributed by atoms with van der Waals surface area (Å²) in [5.74, 6) is 1.18. The molecule has 0 aliphatic rings. The maximum atomic E-state index is 10.9. The monoisotopic (exact) mass is 290 g/mol. The molecule has 3 aromatic rings. The summed E-state index contributed by atoms with van der Waals surface area (Å²) in [6.07, 6.45) is 1.25. The minimum atomic E-state index is -0.458. The molecule has 7 nitrogen and oxygen atoms in total. The number of nitro groups is 1. The van der Waals surface area contributed by atoms with E-state index in [2.05, 4.69) is 10.1 Å². The second-order valence-corrected chi connectivity index (χ2v) is 5.11. The van der Waals surface area contributed by atoms with Crippen molar-refractivity contribution in [2.75, 3.05) is 0 Å². The zero-order chi connectivity index (χ0) is 14.1. The first-order valence-electron chi connectivity index (χ1n) is 5.81. The molecular weight excluding hydrogens is 280 g/mol. The molecule has 0 aliphatic carbocycles. The van der Waals surface area contributed by atoms with Crippen molar-refractivity contribution in [2.45, 2.75) is 13.5 Å². The number of rotatable bonds is 4. The molecule has 0 unspecified atom stereocenters. The summed E-state index contributed by atoms with van der Waals surface area (Å²) >= 11 is 1.55. The van der Waals surface area contributed by atoms with E-state index in [-0.39, 0.29) is 12.4 Å². The van der Waals surface area contributed by atoms with Crippen LogP contribution in [0.3, 0.4) is 0 Å². The lowest BCUT2D eigenvalue weighted by molar-refractivity contribution is -0.392. The summed E-state index contributed by atoms with van der Waals surface area (Å²) in [7, 11) is 0. The minimum Gasteiger partial charge on any atom is -0.358 e. The molecule has 0 saturated heterocycles. The van der Waals surface area contributed by atoms with Gasteiger partial charge in [0.2, 0.25) is 0 Å². The van der Waals surface area contributed by atoms with Crippen molar-refractivity contribution < 1.29 is 9.45 Å². The topological polar surface area (TPSA) is 87.0 Å². The molecule has 3 heterocycles. The quantitative estimate of drug-likeness (QED) is 0.544. The highest BCUT2D eigenvalue weighted by Crippen LogP contribution is 2.26. The van der Waals surface area contributed by atoms with Crippen LogP contribution in [0.4, 0.5) is 5.82 Å². The smallest absolute Gasteiger partial charge is 0.343 e. The van der Waals surface area contributed by atoms with Crippen LogP contribution in [0.2, 0.25) is 0 Å². The van der Waals surface area contributed by atoms with E-state index in [1.807, 2.05) is 17.5 Å². The van der Waals surface area contributed by atoms with Gasteiger partial charge in [-0.3, -0.25) is 0 Å². The van der Waals surface area contributed by atoms with Crippen molar-refractivity contribution in [2.24, 2.45) is 0 Å². The van der Waals surface area contributed by atoms with Gasteiger partial charge in [0.25, 0.3) is 0 Å². The molecule has 8 heteroatoms. The van der Waals surface area contributed by atoms with Crippen LogP contribution in [-0.4, -0.2) is 19.6 Å². The van der Waals surface area contributed by atoms with E-state index in [1.165, 1.54) is 10.8 Å². The fourth-order valence-corrected chi connectivity index (χ4v) is 2.55. The van der Waals surface area contributed by atoms with E-state index in [4.69, 9.17) is 4.52 Å². The van der Waals surface area contributed by atoms with Crippen LogP contribution in [0.1, 0.15) is 11.5 Å². The van der Waals surface area contributed by atoms with Crippen LogP contribution in [0, 0.1) is 17.0 Å². The normalized spacial score (nSPS) is 10.8. The SMILES string of the molecule is Cc1ncc([N+](=O)[O-])n1Cc1cc(-c2cccs2)on1. The average Bonchev–Trinajstić information content (AvgIpc) is 3.12. The summed E-state index contributed by atoms with van der Waals surface area (Å²) in [4.78, 5) is 15.4. The minimum absolute atomic E-state index is 0.0526. The zero-order valence-corrected chi connectivity index (χ0v) is 11.3. The number of hydrogen-bond donors (Lipinski definition) is 0. The zero-order valence-electron chi connectivity index (χ0n) is 10.5. The Balaban J connectivity index is 1.89. The Kier molecular flexibility index (Phi) is 3.07. The molecule has 0 spiro atoms. The third-order valence-electron chi connectivity index (χ3n) is 2.86. The largest absolute Gasteiger partial charge is 0.358 e. The molecule has 0 aromatic carbocycles. The van der Waals surface area contributed by atoms with E-state index in [0.29, 0.717) is 17.3 Å². The second kappa shape index (κ2) is 4.89. The Morgan fingerprint density at radius 2 is 2.40 bits per heavy atom. The fraction of sp³-hybridized carbons (Fsp3) is 0.167. The molecule has 102 valence electrons. The summed E-state index contributed by atoms with van der Waals surface area (Å²) in [6.45, 7) is 1.98. The Hall–Kier alpha value is -2.48. The van der Waals surface area contributed by atoms with Gasteiger partial charge in [0.1, 0.15) is 18.4 Å². The maximum absolute atomic E-state index is 10.9. The number of imidazole rings is 1. The Labute approximate surface area is 117 Å². The van der Waals surface area contributed by atoms with Gasteiger partial charge in [-0.1, -0.05) is 11.2 Å². The summed E-state index contributed by atoms with van der Waals surface area (Å²) in [5, 5.41) is 16.8. The van der Waals surface area contributed by atoms with Gasteiger partial charge in [-0.05, 0) is 16.4 Å². The Morgan fingerprint density at radius 3 is 3.10 bits per heavy atom. The number of thiophene rings is 1. The molecule has 0 fully saturated rings. The molecule has 0 atom stereocenters. The molecule has 20 heavy (non-hydrogen) atoms. The average molecular weight is 290 g/mol. The van der Waals surface area contributed by atoms with Crippen molar-refractivity contribution in [1.29, 1.82) is 0 Å². The van der Waals surface area contributed by atoms with Crippen molar-refractivity contribution in [3.63, 3.8) is 0 Å². The van der Waals surface area contributed by atoms with Crippen molar-refractivity contribution in [3.8, 4) is 10.6 Å². The highest BCUT2D eigenvalue weighted by atomic mass is 32.1.